The van der Waals surface area contributed by atoms with Crippen molar-refractivity contribution in [3.63, 3.8) is 0 Å². The third kappa shape index (κ3) is 5.22. The third-order valence-electron chi connectivity index (χ3n) is 4.89. The lowest BCUT2D eigenvalue weighted by Crippen LogP contribution is -2.14. The van der Waals surface area contributed by atoms with Crippen molar-refractivity contribution in [2.45, 2.75) is 20.3 Å². The number of hydrogen-bond acceptors (Lipinski definition) is 2. The zero-order valence-electron chi connectivity index (χ0n) is 16.7. The fourth-order valence-electron chi connectivity index (χ4n) is 3.05. The SMILES string of the molecule is Cc1cccc(NC(=O)/C(C#N)=C/c2ccc(Cc3cccc(F)c3)c(Br)c2)c1C. The summed E-state index contributed by atoms with van der Waals surface area (Å²) in [5.41, 5.74) is 5.30. The number of amides is 1. The predicted molar refractivity (Wildman–Crippen MR) is 121 cm³/mol. The van der Waals surface area contributed by atoms with Crippen molar-refractivity contribution in [1.82, 2.24) is 0 Å². The fraction of sp³-hybridized carbons (Fsp3) is 0.120. The van der Waals surface area contributed by atoms with Crippen molar-refractivity contribution in [3.05, 3.63) is 104 Å². The van der Waals surface area contributed by atoms with Gasteiger partial charge in [-0.1, -0.05) is 52.3 Å². The van der Waals surface area contributed by atoms with E-state index in [4.69, 9.17) is 0 Å². The molecule has 0 saturated carbocycles. The summed E-state index contributed by atoms with van der Waals surface area (Å²) in [6.45, 7) is 3.89. The lowest BCUT2D eigenvalue weighted by molar-refractivity contribution is -0.112. The monoisotopic (exact) mass is 462 g/mol. The van der Waals surface area contributed by atoms with Gasteiger partial charge in [-0.25, -0.2) is 4.39 Å². The molecule has 0 aliphatic rings. The molecule has 0 aliphatic carbocycles. The highest BCUT2D eigenvalue weighted by molar-refractivity contribution is 9.10. The minimum atomic E-state index is -0.453. The largest absolute Gasteiger partial charge is 0.321 e. The molecule has 0 atom stereocenters. The summed E-state index contributed by atoms with van der Waals surface area (Å²) >= 11 is 3.54. The molecule has 5 heteroatoms. The van der Waals surface area contributed by atoms with Crippen LogP contribution in [0.4, 0.5) is 10.1 Å². The van der Waals surface area contributed by atoms with Gasteiger partial charge >= 0.3 is 0 Å². The van der Waals surface area contributed by atoms with Gasteiger partial charge < -0.3 is 5.32 Å². The van der Waals surface area contributed by atoms with E-state index in [9.17, 15) is 14.4 Å². The van der Waals surface area contributed by atoms with Crippen LogP contribution in [-0.2, 0) is 11.2 Å². The number of nitrogens with zero attached hydrogens (tertiary/aromatic N) is 1. The molecule has 150 valence electrons. The average molecular weight is 463 g/mol. The smallest absolute Gasteiger partial charge is 0.266 e. The molecule has 0 aliphatic heterocycles. The van der Waals surface area contributed by atoms with E-state index in [1.165, 1.54) is 12.1 Å². The highest BCUT2D eigenvalue weighted by Crippen LogP contribution is 2.24. The minimum absolute atomic E-state index is 0.0145. The molecule has 1 N–H and O–H groups in total. The first-order valence-electron chi connectivity index (χ1n) is 9.39. The minimum Gasteiger partial charge on any atom is -0.321 e. The zero-order chi connectivity index (χ0) is 21.7. The summed E-state index contributed by atoms with van der Waals surface area (Å²) in [4.78, 5) is 12.6. The zero-order valence-corrected chi connectivity index (χ0v) is 18.3. The molecule has 0 unspecified atom stereocenters. The van der Waals surface area contributed by atoms with Crippen LogP contribution >= 0.6 is 15.9 Å². The van der Waals surface area contributed by atoms with Crippen LogP contribution in [0, 0.1) is 31.0 Å². The summed E-state index contributed by atoms with van der Waals surface area (Å²) < 4.78 is 14.2. The van der Waals surface area contributed by atoms with Crippen molar-refractivity contribution >= 4 is 33.6 Å². The Balaban J connectivity index is 1.80. The van der Waals surface area contributed by atoms with Gasteiger partial charge in [0.15, 0.2) is 0 Å². The van der Waals surface area contributed by atoms with Gasteiger partial charge in [-0.2, -0.15) is 5.26 Å². The van der Waals surface area contributed by atoms with Crippen LogP contribution in [0.1, 0.15) is 27.8 Å². The number of anilines is 1. The topological polar surface area (TPSA) is 52.9 Å². The Labute approximate surface area is 184 Å². The summed E-state index contributed by atoms with van der Waals surface area (Å²) in [6, 6.07) is 19.7. The van der Waals surface area contributed by atoms with Gasteiger partial charge in [-0.3, -0.25) is 4.79 Å². The number of hydrogen-bond donors (Lipinski definition) is 1. The Morgan fingerprint density at radius 2 is 1.90 bits per heavy atom. The number of nitrogens with one attached hydrogen (secondary N) is 1. The Hall–Kier alpha value is -3.23. The van der Waals surface area contributed by atoms with Crippen LogP contribution in [0.5, 0.6) is 0 Å². The summed E-state index contributed by atoms with van der Waals surface area (Å²) in [5.74, 6) is -0.720. The number of nitriles is 1. The van der Waals surface area contributed by atoms with Crippen LogP contribution in [-0.4, -0.2) is 5.91 Å². The first kappa shape index (κ1) is 21.5. The number of halogens is 2. The molecular formula is C25H20BrFN2O. The lowest BCUT2D eigenvalue weighted by atomic mass is 10.0. The van der Waals surface area contributed by atoms with Crippen molar-refractivity contribution in [3.8, 4) is 6.07 Å². The number of rotatable bonds is 5. The van der Waals surface area contributed by atoms with E-state index in [1.807, 2.05) is 62.4 Å². The number of benzene rings is 3. The molecule has 3 aromatic carbocycles. The van der Waals surface area contributed by atoms with Gasteiger partial charge in [0.25, 0.3) is 5.91 Å². The van der Waals surface area contributed by atoms with Gasteiger partial charge in [-0.15, -0.1) is 0 Å². The predicted octanol–water partition coefficient (Wildman–Crippen LogP) is 6.34. The number of carbonyl (C=O) groups excluding carboxylic acids is 1. The molecule has 3 rings (SSSR count). The van der Waals surface area contributed by atoms with E-state index < -0.39 is 5.91 Å². The molecule has 0 aromatic heterocycles. The highest BCUT2D eigenvalue weighted by atomic mass is 79.9. The van der Waals surface area contributed by atoms with Crippen molar-refractivity contribution < 1.29 is 9.18 Å². The van der Waals surface area contributed by atoms with Gasteiger partial charge in [0.05, 0.1) is 0 Å². The summed E-state index contributed by atoms with van der Waals surface area (Å²) in [6.07, 6.45) is 2.12. The van der Waals surface area contributed by atoms with Crippen LogP contribution in [0.2, 0.25) is 0 Å². The second kappa shape index (κ2) is 9.51. The molecule has 0 saturated heterocycles. The maximum Gasteiger partial charge on any atom is 0.266 e. The van der Waals surface area contributed by atoms with Gasteiger partial charge in [-0.05, 0) is 78.4 Å². The fourth-order valence-corrected chi connectivity index (χ4v) is 3.59. The van der Waals surface area contributed by atoms with E-state index in [0.717, 1.165) is 32.3 Å². The molecule has 0 radical (unpaired) electrons. The molecule has 0 fully saturated rings. The Kier molecular flexibility index (Phi) is 6.81. The van der Waals surface area contributed by atoms with E-state index >= 15 is 0 Å². The van der Waals surface area contributed by atoms with Crippen LogP contribution in [0.3, 0.4) is 0 Å². The Morgan fingerprint density at radius 1 is 1.13 bits per heavy atom. The van der Waals surface area contributed by atoms with Crippen molar-refractivity contribution in [2.75, 3.05) is 5.32 Å². The van der Waals surface area contributed by atoms with E-state index in [-0.39, 0.29) is 11.4 Å². The molecule has 30 heavy (non-hydrogen) atoms. The Bertz CT molecular complexity index is 1180. The highest BCUT2D eigenvalue weighted by Gasteiger charge is 2.12. The van der Waals surface area contributed by atoms with E-state index in [1.54, 1.807) is 12.1 Å². The molecule has 0 heterocycles. The molecular weight excluding hydrogens is 443 g/mol. The second-order valence-electron chi connectivity index (χ2n) is 7.03. The normalized spacial score (nSPS) is 11.1. The van der Waals surface area contributed by atoms with Crippen molar-refractivity contribution in [1.29, 1.82) is 5.26 Å². The summed E-state index contributed by atoms with van der Waals surface area (Å²) in [5, 5.41) is 12.3. The maximum atomic E-state index is 13.4. The standard InChI is InChI=1S/C25H20BrFN2O/c1-16-5-3-8-24(17(16)2)29-25(30)21(15-28)12-19-9-10-20(23(26)14-19)11-18-6-4-7-22(27)13-18/h3-10,12-14H,11H2,1-2H3,(H,29,30)/b21-12+. The van der Waals surface area contributed by atoms with Crippen LogP contribution in [0.25, 0.3) is 6.08 Å². The van der Waals surface area contributed by atoms with Gasteiger partial charge in [0.1, 0.15) is 17.5 Å². The van der Waals surface area contributed by atoms with Crippen LogP contribution < -0.4 is 5.32 Å². The number of carbonyl (C=O) groups is 1. The molecule has 0 spiro atoms. The lowest BCUT2D eigenvalue weighted by Gasteiger charge is -2.10. The molecule has 3 nitrogen and oxygen atoms in total. The maximum absolute atomic E-state index is 13.4. The molecule has 1 amide bonds. The third-order valence-corrected chi connectivity index (χ3v) is 5.63. The van der Waals surface area contributed by atoms with Gasteiger partial charge in [0, 0.05) is 10.2 Å². The molecule has 3 aromatic rings. The van der Waals surface area contributed by atoms with Crippen LogP contribution in [0.15, 0.2) is 70.7 Å². The average Bonchev–Trinajstić information content (AvgIpc) is 2.71. The summed E-state index contributed by atoms with van der Waals surface area (Å²) in [7, 11) is 0. The van der Waals surface area contributed by atoms with Gasteiger partial charge in [0.2, 0.25) is 0 Å². The van der Waals surface area contributed by atoms with E-state index in [0.29, 0.717) is 12.1 Å². The molecule has 0 bridgehead atoms. The second-order valence-corrected chi connectivity index (χ2v) is 7.88. The first-order valence-corrected chi connectivity index (χ1v) is 10.2. The van der Waals surface area contributed by atoms with Crippen molar-refractivity contribution in [2.24, 2.45) is 0 Å². The van der Waals surface area contributed by atoms with E-state index in [2.05, 4.69) is 21.2 Å². The first-order chi connectivity index (χ1) is 14.4. The Morgan fingerprint density at radius 3 is 2.60 bits per heavy atom. The number of aryl methyl sites for hydroxylation is 1. The quantitative estimate of drug-likeness (QED) is 0.355.